The smallest absolute Gasteiger partial charge is 0.282 e. The van der Waals surface area contributed by atoms with Crippen molar-refractivity contribution in [2.75, 3.05) is 37.0 Å². The zero-order valence-corrected chi connectivity index (χ0v) is 15.2. The summed E-state index contributed by atoms with van der Waals surface area (Å²) in [6.07, 6.45) is 4.72. The Bertz CT molecular complexity index is 681. The zero-order chi connectivity index (χ0) is 16.3. The molecule has 0 bridgehead atoms. The van der Waals surface area contributed by atoms with Gasteiger partial charge in [-0.05, 0) is 28.8 Å². The van der Waals surface area contributed by atoms with Crippen LogP contribution in [0.4, 0.5) is 5.69 Å². The summed E-state index contributed by atoms with van der Waals surface area (Å²) in [6.45, 7) is 2.29. The molecule has 7 nitrogen and oxygen atoms in total. The molecule has 1 saturated heterocycles. The minimum atomic E-state index is -2.91. The van der Waals surface area contributed by atoms with Gasteiger partial charge < -0.3 is 10.2 Å². The molecule has 0 amide bonds. The van der Waals surface area contributed by atoms with Gasteiger partial charge >= 0.3 is 0 Å². The number of aromatic nitrogens is 2. The van der Waals surface area contributed by atoms with Crippen molar-refractivity contribution in [2.24, 2.45) is 7.05 Å². The lowest BCUT2D eigenvalue weighted by molar-refractivity contribution is 0.230. The largest absolute Gasteiger partial charge is 0.380 e. The molecule has 0 atom stereocenters. The van der Waals surface area contributed by atoms with Gasteiger partial charge in [0.1, 0.15) is 14.3 Å². The predicted molar refractivity (Wildman–Crippen MR) is 90.0 cm³/mol. The van der Waals surface area contributed by atoms with Gasteiger partial charge in [0.25, 0.3) is 5.56 Å². The highest BCUT2D eigenvalue weighted by Gasteiger charge is 2.21. The summed E-state index contributed by atoms with van der Waals surface area (Å²) in [5.41, 5.74) is 0.535. The topological polar surface area (TPSA) is 84.3 Å². The molecule has 1 aromatic rings. The summed E-state index contributed by atoms with van der Waals surface area (Å²) in [4.78, 5) is 14.0. The molecule has 1 fully saturated rings. The van der Waals surface area contributed by atoms with Crippen molar-refractivity contribution in [1.82, 2.24) is 14.7 Å². The normalized spacial score (nSPS) is 17.6. The number of piperidine rings is 1. The van der Waals surface area contributed by atoms with Gasteiger partial charge in [0.05, 0.1) is 17.6 Å². The number of nitrogens with one attached hydrogen (secondary N) is 1. The van der Waals surface area contributed by atoms with Gasteiger partial charge in [0.2, 0.25) is 0 Å². The molecule has 2 heterocycles. The first-order valence-corrected chi connectivity index (χ1v) is 10.00. The van der Waals surface area contributed by atoms with Crippen LogP contribution in [0.15, 0.2) is 15.5 Å². The number of nitrogens with zero attached hydrogens (tertiary/aromatic N) is 3. The summed E-state index contributed by atoms with van der Waals surface area (Å²) < 4.78 is 24.2. The molecule has 0 aromatic carbocycles. The Morgan fingerprint density at radius 2 is 2.05 bits per heavy atom. The molecule has 0 unspecified atom stereocenters. The zero-order valence-electron chi connectivity index (χ0n) is 12.7. The van der Waals surface area contributed by atoms with Crippen molar-refractivity contribution in [3.05, 3.63) is 21.0 Å². The van der Waals surface area contributed by atoms with Crippen molar-refractivity contribution in [3.63, 3.8) is 0 Å². The number of aryl methyl sites for hydroxylation is 1. The molecule has 124 valence electrons. The average Bonchev–Trinajstić information content (AvgIpc) is 2.46. The maximum Gasteiger partial charge on any atom is 0.282 e. The van der Waals surface area contributed by atoms with Gasteiger partial charge in [-0.3, -0.25) is 4.79 Å². The van der Waals surface area contributed by atoms with Gasteiger partial charge in [-0.1, -0.05) is 0 Å². The number of halogens is 1. The second-order valence-corrected chi connectivity index (χ2v) is 8.74. The highest BCUT2D eigenvalue weighted by molar-refractivity contribution is 9.10. The molecule has 2 rings (SSSR count). The van der Waals surface area contributed by atoms with E-state index in [0.29, 0.717) is 16.7 Å². The van der Waals surface area contributed by atoms with Gasteiger partial charge in [-0.25, -0.2) is 13.1 Å². The molecule has 1 aliphatic heterocycles. The molecule has 22 heavy (non-hydrogen) atoms. The predicted octanol–water partition coefficient (Wildman–Crippen LogP) is 0.464. The second-order valence-electron chi connectivity index (χ2n) is 5.69. The quantitative estimate of drug-likeness (QED) is 0.783. The fraction of sp³-hybridized carbons (Fsp3) is 0.692. The van der Waals surface area contributed by atoms with Crippen LogP contribution in [0.3, 0.4) is 0 Å². The van der Waals surface area contributed by atoms with E-state index in [2.05, 4.69) is 31.2 Å². The fourth-order valence-corrected chi connectivity index (χ4v) is 3.49. The third-order valence-electron chi connectivity index (χ3n) is 3.80. The van der Waals surface area contributed by atoms with Crippen LogP contribution >= 0.6 is 15.9 Å². The number of hydrogen-bond acceptors (Lipinski definition) is 6. The molecule has 0 saturated carbocycles. The van der Waals surface area contributed by atoms with E-state index in [4.69, 9.17) is 0 Å². The molecule has 1 aromatic heterocycles. The van der Waals surface area contributed by atoms with Crippen LogP contribution < -0.4 is 10.9 Å². The summed E-state index contributed by atoms with van der Waals surface area (Å²) in [5, 5.41) is 7.35. The van der Waals surface area contributed by atoms with E-state index in [-0.39, 0.29) is 17.4 Å². The van der Waals surface area contributed by atoms with Crippen LogP contribution in [0.1, 0.15) is 12.8 Å². The van der Waals surface area contributed by atoms with Gasteiger partial charge in [-0.2, -0.15) is 5.10 Å². The highest BCUT2D eigenvalue weighted by atomic mass is 79.9. The summed E-state index contributed by atoms with van der Waals surface area (Å²) in [6, 6.07) is 0.264. The SMILES string of the molecule is Cn1ncc(NC2CCN(CCS(C)(=O)=O)CC2)c(Br)c1=O. The molecule has 1 aliphatic rings. The summed E-state index contributed by atoms with van der Waals surface area (Å²) >= 11 is 3.30. The molecule has 0 radical (unpaired) electrons. The van der Waals surface area contributed by atoms with E-state index < -0.39 is 9.84 Å². The highest BCUT2D eigenvalue weighted by Crippen LogP contribution is 2.21. The Labute approximate surface area is 138 Å². The molecule has 1 N–H and O–H groups in total. The first kappa shape index (κ1) is 17.4. The Morgan fingerprint density at radius 3 is 2.64 bits per heavy atom. The number of rotatable bonds is 5. The Balaban J connectivity index is 1.88. The lowest BCUT2D eigenvalue weighted by Crippen LogP contribution is -2.41. The first-order valence-electron chi connectivity index (χ1n) is 7.14. The lowest BCUT2D eigenvalue weighted by Gasteiger charge is -2.32. The van der Waals surface area contributed by atoms with Gasteiger partial charge in [0.15, 0.2) is 0 Å². The molecular weight excluding hydrogens is 372 g/mol. The minimum Gasteiger partial charge on any atom is -0.380 e. The fourth-order valence-electron chi connectivity index (χ4n) is 2.43. The molecule has 9 heteroatoms. The Morgan fingerprint density at radius 1 is 1.41 bits per heavy atom. The van der Waals surface area contributed by atoms with Crippen LogP contribution in [0.25, 0.3) is 0 Å². The van der Waals surface area contributed by atoms with Crippen LogP contribution in [0.5, 0.6) is 0 Å². The van der Waals surface area contributed by atoms with E-state index in [0.717, 1.165) is 25.9 Å². The van der Waals surface area contributed by atoms with E-state index >= 15 is 0 Å². The Hall–Kier alpha value is -0.930. The maximum absolute atomic E-state index is 11.8. The van der Waals surface area contributed by atoms with Gasteiger partial charge in [0, 0.05) is 39.0 Å². The number of anilines is 1. The second kappa shape index (κ2) is 7.10. The van der Waals surface area contributed by atoms with Crippen LogP contribution in [0, 0.1) is 0 Å². The molecular formula is C13H21BrN4O3S. The minimum absolute atomic E-state index is 0.171. The van der Waals surface area contributed by atoms with E-state index in [9.17, 15) is 13.2 Å². The van der Waals surface area contributed by atoms with Gasteiger partial charge in [-0.15, -0.1) is 0 Å². The lowest BCUT2D eigenvalue weighted by atomic mass is 10.1. The third kappa shape index (κ3) is 4.79. The number of hydrogen-bond donors (Lipinski definition) is 1. The Kier molecular flexibility index (Phi) is 5.62. The van der Waals surface area contributed by atoms with E-state index in [1.54, 1.807) is 13.2 Å². The average molecular weight is 393 g/mol. The monoisotopic (exact) mass is 392 g/mol. The van der Waals surface area contributed by atoms with E-state index in [1.807, 2.05) is 0 Å². The van der Waals surface area contributed by atoms with Crippen molar-refractivity contribution in [3.8, 4) is 0 Å². The summed E-state index contributed by atoms with van der Waals surface area (Å²) in [5.74, 6) is 0.204. The van der Waals surface area contributed by atoms with Crippen LogP contribution in [-0.2, 0) is 16.9 Å². The van der Waals surface area contributed by atoms with E-state index in [1.165, 1.54) is 10.9 Å². The molecule has 0 aliphatic carbocycles. The van der Waals surface area contributed by atoms with Crippen LogP contribution in [0.2, 0.25) is 0 Å². The van der Waals surface area contributed by atoms with Crippen molar-refractivity contribution < 1.29 is 8.42 Å². The van der Waals surface area contributed by atoms with Crippen molar-refractivity contribution >= 4 is 31.5 Å². The maximum atomic E-state index is 11.8. The first-order chi connectivity index (χ1) is 10.3. The number of likely N-dealkylation sites (tertiary alicyclic amines) is 1. The third-order valence-corrected chi connectivity index (χ3v) is 5.49. The van der Waals surface area contributed by atoms with Crippen molar-refractivity contribution in [2.45, 2.75) is 18.9 Å². The van der Waals surface area contributed by atoms with Crippen LogP contribution in [-0.4, -0.2) is 60.8 Å². The van der Waals surface area contributed by atoms with Crippen molar-refractivity contribution in [1.29, 1.82) is 0 Å². The molecule has 0 spiro atoms. The standard InChI is InChI=1S/C13H21BrN4O3S/c1-17-13(19)12(14)11(9-15-17)16-10-3-5-18(6-4-10)7-8-22(2,20)21/h9-10,16H,3-8H2,1-2H3. The summed E-state index contributed by atoms with van der Waals surface area (Å²) in [7, 11) is -1.30. The number of sulfone groups is 1.